The number of aromatic nitrogens is 2. The van der Waals surface area contributed by atoms with Crippen LogP contribution in [0.3, 0.4) is 0 Å². The van der Waals surface area contributed by atoms with Crippen molar-refractivity contribution >= 4 is 12.6 Å². The van der Waals surface area contributed by atoms with Gasteiger partial charge in [-0.25, -0.2) is 9.97 Å². The Hall–Kier alpha value is -3.38. The molecule has 6 heteroatoms. The van der Waals surface area contributed by atoms with Crippen LogP contribution in [0.5, 0.6) is 0 Å². The van der Waals surface area contributed by atoms with Crippen LogP contribution < -0.4 is 5.32 Å². The van der Waals surface area contributed by atoms with E-state index in [0.29, 0.717) is 24.9 Å². The molecule has 3 rings (SSSR count). The zero-order valence-electron chi connectivity index (χ0n) is 16.2. The number of carbonyl (C=O) groups excluding carboxylic acids is 1. The van der Waals surface area contributed by atoms with E-state index < -0.39 is 6.10 Å². The van der Waals surface area contributed by atoms with Gasteiger partial charge in [0.15, 0.2) is 0 Å². The van der Waals surface area contributed by atoms with E-state index in [1.165, 1.54) is 6.33 Å². The molecule has 1 heterocycles. The van der Waals surface area contributed by atoms with Crippen molar-refractivity contribution in [3.8, 4) is 11.1 Å². The lowest BCUT2D eigenvalue weighted by molar-refractivity contribution is 0.0911. The number of rotatable bonds is 9. The average Bonchev–Trinajstić information content (AvgIpc) is 2.78. The number of nitrogens with zero attached hydrogens (tertiary/aromatic N) is 3. The van der Waals surface area contributed by atoms with Crippen LogP contribution >= 0.6 is 0 Å². The molecular formula is C23H24N4O2. The molecule has 1 atom stereocenters. The molecule has 1 amide bonds. The van der Waals surface area contributed by atoms with Gasteiger partial charge in [0.1, 0.15) is 6.33 Å². The number of aliphatic hydroxyl groups is 1. The fraction of sp³-hybridized carbons (Fsp3) is 0.217. The molecule has 2 aromatic carbocycles. The van der Waals surface area contributed by atoms with Crippen LogP contribution in [0.25, 0.3) is 11.1 Å². The van der Waals surface area contributed by atoms with E-state index in [0.717, 1.165) is 22.3 Å². The number of amides is 1. The summed E-state index contributed by atoms with van der Waals surface area (Å²) in [5.41, 5.74) is 4.49. The summed E-state index contributed by atoms with van der Waals surface area (Å²) in [7, 11) is 0. The predicted molar refractivity (Wildman–Crippen MR) is 114 cm³/mol. The largest absolute Gasteiger partial charge is 0.391 e. The van der Waals surface area contributed by atoms with E-state index in [1.807, 2.05) is 36.4 Å². The first-order chi connectivity index (χ1) is 14.2. The third-order valence-corrected chi connectivity index (χ3v) is 4.66. The predicted octanol–water partition coefficient (Wildman–Crippen LogP) is 3.07. The summed E-state index contributed by atoms with van der Waals surface area (Å²) in [4.78, 5) is 24.4. The first-order valence-electron chi connectivity index (χ1n) is 9.48. The van der Waals surface area contributed by atoms with Crippen LogP contribution in [-0.4, -0.2) is 40.3 Å². The first-order valence-corrected chi connectivity index (χ1v) is 9.48. The summed E-state index contributed by atoms with van der Waals surface area (Å²) >= 11 is 0. The Balaban J connectivity index is 1.54. The van der Waals surface area contributed by atoms with Gasteiger partial charge in [0.2, 0.25) is 0 Å². The second-order valence-corrected chi connectivity index (χ2v) is 6.76. The Labute approximate surface area is 170 Å². The Bertz CT molecular complexity index is 960. The van der Waals surface area contributed by atoms with Gasteiger partial charge in [-0.3, -0.25) is 9.79 Å². The van der Waals surface area contributed by atoms with Crippen LogP contribution in [0.1, 0.15) is 27.9 Å². The molecule has 0 aliphatic rings. The average molecular weight is 388 g/mol. The number of aliphatic imine (C=N–C) groups is 1. The highest BCUT2D eigenvalue weighted by molar-refractivity contribution is 5.95. The van der Waals surface area contributed by atoms with E-state index in [-0.39, 0.29) is 12.5 Å². The fourth-order valence-corrected chi connectivity index (χ4v) is 3.10. The number of aliphatic hydroxyl groups excluding tert-OH is 1. The van der Waals surface area contributed by atoms with Crippen LogP contribution in [-0.2, 0) is 13.0 Å². The minimum Gasteiger partial charge on any atom is -0.391 e. The van der Waals surface area contributed by atoms with Crippen molar-refractivity contribution in [2.24, 2.45) is 4.99 Å². The van der Waals surface area contributed by atoms with Crippen LogP contribution in [0.2, 0.25) is 0 Å². The van der Waals surface area contributed by atoms with Crippen LogP contribution in [0, 0.1) is 0 Å². The van der Waals surface area contributed by atoms with Crippen molar-refractivity contribution in [1.82, 2.24) is 15.3 Å². The van der Waals surface area contributed by atoms with Crippen molar-refractivity contribution in [3.05, 3.63) is 83.9 Å². The lowest BCUT2D eigenvalue weighted by atomic mass is 10.0. The minimum atomic E-state index is -0.630. The SMILES string of the molecule is C=NCc1ccccc1CC[C@H](O)CNC(=O)c1cccc(-c2cncnc2)c1. The first kappa shape index (κ1) is 20.4. The van der Waals surface area contributed by atoms with Gasteiger partial charge >= 0.3 is 0 Å². The second kappa shape index (κ2) is 10.2. The lowest BCUT2D eigenvalue weighted by Gasteiger charge is -2.14. The molecule has 0 unspecified atom stereocenters. The van der Waals surface area contributed by atoms with Crippen LogP contribution in [0.4, 0.5) is 0 Å². The van der Waals surface area contributed by atoms with Gasteiger partial charge in [0.05, 0.1) is 12.6 Å². The van der Waals surface area contributed by atoms with E-state index >= 15 is 0 Å². The Kier molecular flexibility index (Phi) is 7.19. The molecule has 0 bridgehead atoms. The van der Waals surface area contributed by atoms with Crippen molar-refractivity contribution in [2.45, 2.75) is 25.5 Å². The van der Waals surface area contributed by atoms with E-state index in [9.17, 15) is 9.90 Å². The lowest BCUT2D eigenvalue weighted by Crippen LogP contribution is -2.32. The number of hydrogen-bond acceptors (Lipinski definition) is 5. The van der Waals surface area contributed by atoms with Gasteiger partial charge in [-0.1, -0.05) is 36.4 Å². The summed E-state index contributed by atoms with van der Waals surface area (Å²) in [6, 6.07) is 15.2. The number of nitrogens with one attached hydrogen (secondary N) is 1. The molecule has 0 saturated carbocycles. The monoisotopic (exact) mass is 388 g/mol. The fourth-order valence-electron chi connectivity index (χ4n) is 3.10. The highest BCUT2D eigenvalue weighted by atomic mass is 16.3. The van der Waals surface area contributed by atoms with Gasteiger partial charge in [-0.05, 0) is 48.4 Å². The van der Waals surface area contributed by atoms with Crippen molar-refractivity contribution in [2.75, 3.05) is 6.54 Å². The summed E-state index contributed by atoms with van der Waals surface area (Å²) in [6.07, 6.45) is 5.51. The molecule has 0 saturated heterocycles. The van der Waals surface area contributed by atoms with E-state index in [2.05, 4.69) is 27.0 Å². The maximum atomic E-state index is 12.5. The maximum absolute atomic E-state index is 12.5. The number of hydrogen-bond donors (Lipinski definition) is 2. The van der Waals surface area contributed by atoms with Crippen molar-refractivity contribution in [3.63, 3.8) is 0 Å². The van der Waals surface area contributed by atoms with Crippen LogP contribution in [0.15, 0.2) is 72.2 Å². The molecule has 0 aliphatic heterocycles. The topological polar surface area (TPSA) is 87.5 Å². The van der Waals surface area contributed by atoms with E-state index in [1.54, 1.807) is 24.5 Å². The van der Waals surface area contributed by atoms with Crippen molar-refractivity contribution in [1.29, 1.82) is 0 Å². The molecule has 29 heavy (non-hydrogen) atoms. The molecule has 0 radical (unpaired) electrons. The normalized spacial score (nSPS) is 11.6. The third kappa shape index (κ3) is 5.80. The number of aryl methyl sites for hydroxylation is 1. The molecule has 1 aromatic heterocycles. The molecule has 148 valence electrons. The molecular weight excluding hydrogens is 364 g/mol. The number of benzene rings is 2. The number of carbonyl (C=O) groups is 1. The molecule has 6 nitrogen and oxygen atoms in total. The van der Waals surface area contributed by atoms with Gasteiger partial charge in [-0.2, -0.15) is 0 Å². The smallest absolute Gasteiger partial charge is 0.251 e. The summed E-state index contributed by atoms with van der Waals surface area (Å²) in [5.74, 6) is -0.223. The Morgan fingerprint density at radius 1 is 1.07 bits per heavy atom. The van der Waals surface area contributed by atoms with Gasteiger partial charge < -0.3 is 10.4 Å². The summed E-state index contributed by atoms with van der Waals surface area (Å²) in [5, 5.41) is 13.1. The quantitative estimate of drug-likeness (QED) is 0.552. The zero-order valence-corrected chi connectivity index (χ0v) is 16.2. The molecule has 2 N–H and O–H groups in total. The summed E-state index contributed by atoms with van der Waals surface area (Å²) < 4.78 is 0. The maximum Gasteiger partial charge on any atom is 0.251 e. The molecule has 0 aliphatic carbocycles. The standard InChI is InChI=1S/C23H24N4O2/c1-24-12-20-6-3-2-5-17(20)9-10-22(28)15-27-23(29)19-8-4-7-18(11-19)21-13-25-16-26-14-21/h2-8,11,13-14,16,22,28H,1,9-10,12,15H2,(H,27,29)/t22-/m0/s1. The highest BCUT2D eigenvalue weighted by Gasteiger charge is 2.11. The third-order valence-electron chi connectivity index (χ3n) is 4.66. The Morgan fingerprint density at radius 2 is 1.83 bits per heavy atom. The molecule has 3 aromatic rings. The minimum absolute atomic E-state index is 0.194. The summed E-state index contributed by atoms with van der Waals surface area (Å²) in [6.45, 7) is 4.30. The molecule has 0 spiro atoms. The van der Waals surface area contributed by atoms with E-state index in [4.69, 9.17) is 0 Å². The van der Waals surface area contributed by atoms with Crippen molar-refractivity contribution < 1.29 is 9.90 Å². The second-order valence-electron chi connectivity index (χ2n) is 6.76. The van der Waals surface area contributed by atoms with Gasteiger partial charge in [0.25, 0.3) is 5.91 Å². The van der Waals surface area contributed by atoms with Gasteiger partial charge in [0, 0.05) is 30.1 Å². The zero-order chi connectivity index (χ0) is 20.5. The Morgan fingerprint density at radius 3 is 2.59 bits per heavy atom. The highest BCUT2D eigenvalue weighted by Crippen LogP contribution is 2.18. The van der Waals surface area contributed by atoms with Gasteiger partial charge in [-0.15, -0.1) is 0 Å². The molecule has 0 fully saturated rings.